The van der Waals surface area contributed by atoms with E-state index in [9.17, 15) is 14.7 Å². The first-order valence-electron chi connectivity index (χ1n) is 7.83. The minimum atomic E-state index is -0.927. The summed E-state index contributed by atoms with van der Waals surface area (Å²) in [5.74, 6) is -1.92. The zero-order chi connectivity index (χ0) is 17.8. The van der Waals surface area contributed by atoms with Gasteiger partial charge in [0.1, 0.15) is 6.61 Å². The first-order valence-corrected chi connectivity index (χ1v) is 8.63. The maximum Gasteiger partial charge on any atom is 0.410 e. The van der Waals surface area contributed by atoms with Crippen molar-refractivity contribution in [2.75, 3.05) is 13.1 Å². The molecule has 0 saturated carbocycles. The standard InChI is InChI=1S/C18H17BrN2O4/c19-14-6-13(7-20-8-14)15-9-21(10-16(15)17(22)23)18(24)25-11-12-4-2-1-3-5-12/h1-8,15-16H,9-11H2,(H,22,23). The van der Waals surface area contributed by atoms with Crippen LogP contribution in [0.2, 0.25) is 0 Å². The van der Waals surface area contributed by atoms with E-state index < -0.39 is 18.0 Å². The molecule has 2 heterocycles. The van der Waals surface area contributed by atoms with Gasteiger partial charge in [0.2, 0.25) is 0 Å². The van der Waals surface area contributed by atoms with Gasteiger partial charge in [-0.1, -0.05) is 30.3 Å². The number of carbonyl (C=O) groups is 2. The molecular weight excluding hydrogens is 388 g/mol. The Labute approximate surface area is 153 Å². The van der Waals surface area contributed by atoms with Crippen LogP contribution >= 0.6 is 15.9 Å². The van der Waals surface area contributed by atoms with Gasteiger partial charge in [0.15, 0.2) is 0 Å². The Balaban J connectivity index is 1.69. The van der Waals surface area contributed by atoms with Gasteiger partial charge in [-0.15, -0.1) is 0 Å². The van der Waals surface area contributed by atoms with Crippen LogP contribution in [0.4, 0.5) is 4.79 Å². The Kier molecular flexibility index (Phi) is 5.33. The predicted molar refractivity (Wildman–Crippen MR) is 94.0 cm³/mol. The first-order chi connectivity index (χ1) is 12.0. The number of hydrogen-bond donors (Lipinski definition) is 1. The number of carboxylic acids is 1. The van der Waals surface area contributed by atoms with Crippen LogP contribution < -0.4 is 0 Å². The van der Waals surface area contributed by atoms with Crippen LogP contribution in [0.5, 0.6) is 0 Å². The summed E-state index contributed by atoms with van der Waals surface area (Å²) in [7, 11) is 0. The molecule has 0 spiro atoms. The highest BCUT2D eigenvalue weighted by Crippen LogP contribution is 2.34. The fourth-order valence-corrected chi connectivity index (χ4v) is 3.37. The van der Waals surface area contributed by atoms with Crippen LogP contribution in [-0.2, 0) is 16.1 Å². The van der Waals surface area contributed by atoms with Gasteiger partial charge in [0.05, 0.1) is 5.92 Å². The van der Waals surface area contributed by atoms with Crippen molar-refractivity contribution in [2.24, 2.45) is 5.92 Å². The second-order valence-corrected chi connectivity index (χ2v) is 6.85. The number of likely N-dealkylation sites (tertiary alicyclic amines) is 1. The highest BCUT2D eigenvalue weighted by Gasteiger charge is 2.41. The van der Waals surface area contributed by atoms with E-state index in [1.165, 1.54) is 4.90 Å². The molecule has 1 aromatic heterocycles. The van der Waals surface area contributed by atoms with Crippen molar-refractivity contribution in [1.82, 2.24) is 9.88 Å². The SMILES string of the molecule is O=C(O)C1CN(C(=O)OCc2ccccc2)CC1c1cncc(Br)c1. The van der Waals surface area contributed by atoms with E-state index in [1.54, 1.807) is 12.4 Å². The Morgan fingerprint density at radius 3 is 2.68 bits per heavy atom. The first kappa shape index (κ1) is 17.4. The molecule has 1 saturated heterocycles. The third-order valence-electron chi connectivity index (χ3n) is 4.25. The monoisotopic (exact) mass is 404 g/mol. The van der Waals surface area contributed by atoms with Gasteiger partial charge in [-0.3, -0.25) is 9.78 Å². The maximum absolute atomic E-state index is 12.3. The minimum absolute atomic E-state index is 0.125. The summed E-state index contributed by atoms with van der Waals surface area (Å²) >= 11 is 3.35. The van der Waals surface area contributed by atoms with Gasteiger partial charge >= 0.3 is 12.1 Å². The summed E-state index contributed by atoms with van der Waals surface area (Å²) in [5.41, 5.74) is 1.68. The molecule has 1 aliphatic heterocycles. The molecule has 2 unspecified atom stereocenters. The molecule has 0 bridgehead atoms. The van der Waals surface area contributed by atoms with Gasteiger partial charge in [0.25, 0.3) is 0 Å². The van der Waals surface area contributed by atoms with Gasteiger partial charge < -0.3 is 14.7 Å². The van der Waals surface area contributed by atoms with E-state index >= 15 is 0 Å². The van der Waals surface area contributed by atoms with E-state index in [4.69, 9.17) is 4.74 Å². The molecule has 0 radical (unpaired) electrons. The second kappa shape index (κ2) is 7.65. The zero-order valence-electron chi connectivity index (χ0n) is 13.3. The third-order valence-corrected chi connectivity index (χ3v) is 4.69. The van der Waals surface area contributed by atoms with Crippen LogP contribution in [-0.4, -0.2) is 40.1 Å². The fraction of sp³-hybridized carbons (Fsp3) is 0.278. The summed E-state index contributed by atoms with van der Waals surface area (Å²) in [6.07, 6.45) is 2.78. The molecular formula is C18H17BrN2O4. The summed E-state index contributed by atoms with van der Waals surface area (Å²) < 4.78 is 6.09. The lowest BCUT2D eigenvalue weighted by atomic mass is 9.90. The van der Waals surface area contributed by atoms with Crippen molar-refractivity contribution in [2.45, 2.75) is 12.5 Å². The largest absolute Gasteiger partial charge is 0.481 e. The lowest BCUT2D eigenvalue weighted by Gasteiger charge is -2.16. The molecule has 2 aromatic rings. The van der Waals surface area contributed by atoms with Crippen LogP contribution in [0.3, 0.4) is 0 Å². The molecule has 2 atom stereocenters. The van der Waals surface area contributed by atoms with Gasteiger partial charge in [-0.25, -0.2) is 4.79 Å². The normalized spacial score (nSPS) is 19.6. The zero-order valence-corrected chi connectivity index (χ0v) is 14.9. The number of carboxylic acid groups (broad SMARTS) is 1. The van der Waals surface area contributed by atoms with E-state index in [-0.39, 0.29) is 19.1 Å². The number of aliphatic carboxylic acids is 1. The van der Waals surface area contributed by atoms with Crippen LogP contribution in [0, 0.1) is 5.92 Å². The molecule has 3 rings (SSSR count). The van der Waals surface area contributed by atoms with Crippen LogP contribution in [0.25, 0.3) is 0 Å². The topological polar surface area (TPSA) is 79.7 Å². The predicted octanol–water partition coefficient (Wildman–Crippen LogP) is 3.28. The third kappa shape index (κ3) is 4.17. The molecule has 1 aliphatic rings. The number of benzene rings is 1. The average Bonchev–Trinajstić information content (AvgIpc) is 3.06. The number of rotatable bonds is 4. The number of pyridine rings is 1. The summed E-state index contributed by atoms with van der Waals surface area (Å²) in [6.45, 7) is 0.583. The van der Waals surface area contributed by atoms with Gasteiger partial charge in [-0.2, -0.15) is 0 Å². The number of ether oxygens (including phenoxy) is 1. The smallest absolute Gasteiger partial charge is 0.410 e. The van der Waals surface area contributed by atoms with Crippen molar-refractivity contribution >= 4 is 28.0 Å². The van der Waals surface area contributed by atoms with E-state index in [2.05, 4.69) is 20.9 Å². The summed E-state index contributed by atoms with van der Waals surface area (Å²) in [6, 6.07) is 11.2. The van der Waals surface area contributed by atoms with E-state index in [0.717, 1.165) is 15.6 Å². The van der Waals surface area contributed by atoms with Crippen LogP contribution in [0.15, 0.2) is 53.3 Å². The minimum Gasteiger partial charge on any atom is -0.481 e. The number of aromatic nitrogens is 1. The highest BCUT2D eigenvalue weighted by molar-refractivity contribution is 9.10. The second-order valence-electron chi connectivity index (χ2n) is 5.93. The molecule has 1 aromatic carbocycles. The molecule has 7 heteroatoms. The number of carbonyl (C=O) groups excluding carboxylic acids is 1. The molecule has 25 heavy (non-hydrogen) atoms. The molecule has 0 aliphatic carbocycles. The van der Waals surface area contributed by atoms with Crippen molar-refractivity contribution in [3.63, 3.8) is 0 Å². The number of nitrogens with zero attached hydrogens (tertiary/aromatic N) is 2. The van der Waals surface area contributed by atoms with Crippen LogP contribution in [0.1, 0.15) is 17.0 Å². The maximum atomic E-state index is 12.3. The lowest BCUT2D eigenvalue weighted by Crippen LogP contribution is -2.30. The summed E-state index contributed by atoms with van der Waals surface area (Å²) in [5, 5.41) is 9.51. The Morgan fingerprint density at radius 1 is 1.24 bits per heavy atom. The Hall–Kier alpha value is -2.41. The number of hydrogen-bond acceptors (Lipinski definition) is 4. The Morgan fingerprint density at radius 2 is 2.00 bits per heavy atom. The van der Waals surface area contributed by atoms with Crippen molar-refractivity contribution in [1.29, 1.82) is 0 Å². The number of amides is 1. The Bertz CT molecular complexity index is 769. The fourth-order valence-electron chi connectivity index (χ4n) is 2.98. The van der Waals surface area contributed by atoms with E-state index in [1.807, 2.05) is 36.4 Å². The van der Waals surface area contributed by atoms with Crippen molar-refractivity contribution in [3.05, 3.63) is 64.4 Å². The highest BCUT2D eigenvalue weighted by atomic mass is 79.9. The average molecular weight is 405 g/mol. The van der Waals surface area contributed by atoms with Gasteiger partial charge in [-0.05, 0) is 33.1 Å². The summed E-state index contributed by atoms with van der Waals surface area (Å²) in [4.78, 5) is 29.5. The van der Waals surface area contributed by atoms with Crippen molar-refractivity contribution < 1.29 is 19.4 Å². The molecule has 1 fully saturated rings. The van der Waals surface area contributed by atoms with E-state index in [0.29, 0.717) is 6.54 Å². The number of halogens is 1. The molecule has 130 valence electrons. The van der Waals surface area contributed by atoms with Crippen molar-refractivity contribution in [3.8, 4) is 0 Å². The molecule has 1 amide bonds. The quantitative estimate of drug-likeness (QED) is 0.845. The molecule has 6 nitrogen and oxygen atoms in total. The lowest BCUT2D eigenvalue weighted by molar-refractivity contribution is -0.141. The van der Waals surface area contributed by atoms with Gasteiger partial charge in [0, 0.05) is 35.9 Å². The molecule has 1 N–H and O–H groups in total.